The maximum Gasteiger partial charge on any atom is 0.408 e. The number of alkyl halides is 3. The Morgan fingerprint density at radius 1 is 1.22 bits per heavy atom. The molecule has 1 N–H and O–H groups in total. The van der Waals surface area contributed by atoms with Gasteiger partial charge in [0.2, 0.25) is 5.95 Å². The van der Waals surface area contributed by atoms with Gasteiger partial charge in [0, 0.05) is 31.4 Å². The predicted molar refractivity (Wildman–Crippen MR) is 78.7 cm³/mol. The minimum absolute atomic E-state index is 0. The lowest BCUT2D eigenvalue weighted by Crippen LogP contribution is -2.23. The van der Waals surface area contributed by atoms with Crippen molar-refractivity contribution in [1.29, 1.82) is 0 Å². The lowest BCUT2D eigenvalue weighted by molar-refractivity contribution is -0.143. The van der Waals surface area contributed by atoms with Crippen LogP contribution in [0.3, 0.4) is 0 Å². The van der Waals surface area contributed by atoms with Crippen molar-refractivity contribution >= 4 is 12.4 Å². The zero-order valence-electron chi connectivity index (χ0n) is 12.7. The molecule has 0 aliphatic carbocycles. The highest BCUT2D eigenvalue weighted by atomic mass is 35.5. The molecular formula is C13H18ClF4N5. The zero-order chi connectivity index (χ0) is 16.3. The molecule has 5 nitrogen and oxygen atoms in total. The number of halogens is 5. The molecule has 0 aromatic carbocycles. The fourth-order valence-corrected chi connectivity index (χ4v) is 2.14. The van der Waals surface area contributed by atoms with E-state index in [0.29, 0.717) is 23.5 Å². The molecule has 0 fully saturated rings. The molecule has 2 rings (SSSR count). The molecule has 0 bridgehead atoms. The number of aromatic nitrogens is 4. The maximum absolute atomic E-state index is 14.0. The number of aryl methyl sites for hydroxylation is 2. The Labute approximate surface area is 137 Å². The first kappa shape index (κ1) is 19.4. The van der Waals surface area contributed by atoms with Crippen molar-refractivity contribution in [3.63, 3.8) is 0 Å². The summed E-state index contributed by atoms with van der Waals surface area (Å²) in [6.45, 7) is 3.10. The highest BCUT2D eigenvalue weighted by Crippen LogP contribution is 2.18. The van der Waals surface area contributed by atoms with Crippen LogP contribution < -0.4 is 5.32 Å². The van der Waals surface area contributed by atoms with Crippen LogP contribution in [-0.4, -0.2) is 25.7 Å². The van der Waals surface area contributed by atoms with Crippen LogP contribution in [0.25, 0.3) is 0 Å². The average molecular weight is 356 g/mol. The number of hydrogen-bond acceptors (Lipinski definition) is 3. The molecule has 0 radical (unpaired) electrons. The normalized spacial score (nSPS) is 11.6. The molecule has 2 aromatic heterocycles. The van der Waals surface area contributed by atoms with Crippen LogP contribution in [0.5, 0.6) is 0 Å². The Kier molecular flexibility index (Phi) is 6.57. The van der Waals surface area contributed by atoms with Gasteiger partial charge in [0.15, 0.2) is 0 Å². The summed E-state index contributed by atoms with van der Waals surface area (Å²) in [5, 5.41) is 10.6. The Balaban J connectivity index is 0.00000264. The molecule has 0 unspecified atom stereocenters. The third kappa shape index (κ3) is 4.93. The van der Waals surface area contributed by atoms with Gasteiger partial charge in [-0.3, -0.25) is 4.68 Å². The number of nitrogens with one attached hydrogen (secondary N) is 1. The van der Waals surface area contributed by atoms with Crippen molar-refractivity contribution in [2.45, 2.75) is 46.2 Å². The van der Waals surface area contributed by atoms with Crippen LogP contribution in [0.4, 0.5) is 17.6 Å². The standard InChI is InChI=1S/C13H17F4N5.ClH/c1-3-21-12(14)11(9(2)20-21)7-18-6-10-4-5-19-22(10)8-13(15,16)17;/h4-5,18H,3,6-8H2,1-2H3;1H. The van der Waals surface area contributed by atoms with Crippen molar-refractivity contribution in [2.24, 2.45) is 0 Å². The second-order valence-corrected chi connectivity index (χ2v) is 4.87. The Morgan fingerprint density at radius 3 is 2.48 bits per heavy atom. The van der Waals surface area contributed by atoms with Crippen LogP contribution in [0, 0.1) is 12.9 Å². The molecule has 0 spiro atoms. The summed E-state index contributed by atoms with van der Waals surface area (Å²) >= 11 is 0. The van der Waals surface area contributed by atoms with E-state index in [1.54, 1.807) is 13.8 Å². The van der Waals surface area contributed by atoms with E-state index in [1.807, 2.05) is 0 Å². The predicted octanol–water partition coefficient (Wildman–Crippen LogP) is 2.82. The van der Waals surface area contributed by atoms with Gasteiger partial charge in [-0.15, -0.1) is 12.4 Å². The summed E-state index contributed by atoms with van der Waals surface area (Å²) in [6.07, 6.45) is -3.02. The molecule has 0 atom stereocenters. The molecule has 0 saturated heterocycles. The van der Waals surface area contributed by atoms with Crippen molar-refractivity contribution in [3.05, 3.63) is 35.2 Å². The highest BCUT2D eigenvalue weighted by molar-refractivity contribution is 5.85. The van der Waals surface area contributed by atoms with E-state index in [4.69, 9.17) is 0 Å². The first-order valence-corrected chi connectivity index (χ1v) is 6.81. The molecule has 23 heavy (non-hydrogen) atoms. The number of nitrogens with zero attached hydrogens (tertiary/aromatic N) is 4. The van der Waals surface area contributed by atoms with Gasteiger partial charge in [-0.2, -0.15) is 27.8 Å². The Bertz CT molecular complexity index is 635. The largest absolute Gasteiger partial charge is 0.408 e. The van der Waals surface area contributed by atoms with E-state index >= 15 is 0 Å². The van der Waals surface area contributed by atoms with Gasteiger partial charge < -0.3 is 5.32 Å². The maximum atomic E-state index is 14.0. The van der Waals surface area contributed by atoms with Crippen molar-refractivity contribution in [3.8, 4) is 0 Å². The van der Waals surface area contributed by atoms with Crippen LogP contribution in [0.1, 0.15) is 23.9 Å². The second kappa shape index (κ2) is 7.78. The van der Waals surface area contributed by atoms with E-state index in [-0.39, 0.29) is 25.5 Å². The fraction of sp³-hybridized carbons (Fsp3) is 0.538. The van der Waals surface area contributed by atoms with Crippen LogP contribution in [0.2, 0.25) is 0 Å². The van der Waals surface area contributed by atoms with Gasteiger partial charge >= 0.3 is 6.18 Å². The van der Waals surface area contributed by atoms with Gasteiger partial charge in [0.1, 0.15) is 6.54 Å². The number of rotatable bonds is 6. The molecular weight excluding hydrogens is 338 g/mol. The topological polar surface area (TPSA) is 47.7 Å². The molecule has 0 saturated carbocycles. The Morgan fingerprint density at radius 2 is 1.91 bits per heavy atom. The first-order chi connectivity index (χ1) is 10.3. The Hall–Kier alpha value is -1.61. The third-order valence-corrected chi connectivity index (χ3v) is 3.22. The quantitative estimate of drug-likeness (QED) is 0.811. The molecule has 0 aliphatic heterocycles. The number of hydrogen-bond donors (Lipinski definition) is 1. The van der Waals surface area contributed by atoms with Gasteiger partial charge in [-0.1, -0.05) is 0 Å². The smallest absolute Gasteiger partial charge is 0.307 e. The van der Waals surface area contributed by atoms with E-state index < -0.39 is 18.7 Å². The molecule has 0 aliphatic rings. The van der Waals surface area contributed by atoms with E-state index in [1.165, 1.54) is 16.9 Å². The van der Waals surface area contributed by atoms with Gasteiger partial charge in [0.25, 0.3) is 0 Å². The van der Waals surface area contributed by atoms with Gasteiger partial charge in [-0.05, 0) is 19.9 Å². The third-order valence-electron chi connectivity index (χ3n) is 3.22. The highest BCUT2D eigenvalue weighted by Gasteiger charge is 2.29. The summed E-state index contributed by atoms with van der Waals surface area (Å²) in [5.41, 5.74) is 1.37. The lowest BCUT2D eigenvalue weighted by atomic mass is 10.2. The SMILES string of the molecule is CCn1nc(C)c(CNCc2ccnn2CC(F)(F)F)c1F.Cl. The van der Waals surface area contributed by atoms with Gasteiger partial charge in [-0.25, -0.2) is 4.68 Å². The zero-order valence-corrected chi connectivity index (χ0v) is 13.5. The van der Waals surface area contributed by atoms with Crippen LogP contribution in [0.15, 0.2) is 12.3 Å². The fourth-order valence-electron chi connectivity index (χ4n) is 2.14. The van der Waals surface area contributed by atoms with Crippen molar-refractivity contribution < 1.29 is 17.6 Å². The minimum Gasteiger partial charge on any atom is -0.307 e. The molecule has 10 heteroatoms. The summed E-state index contributed by atoms with van der Waals surface area (Å²) in [6, 6.07) is 1.50. The molecule has 2 aromatic rings. The first-order valence-electron chi connectivity index (χ1n) is 6.81. The molecule has 2 heterocycles. The van der Waals surface area contributed by atoms with E-state index in [9.17, 15) is 17.6 Å². The summed E-state index contributed by atoms with van der Waals surface area (Å²) in [7, 11) is 0. The average Bonchev–Trinajstić information content (AvgIpc) is 2.95. The van der Waals surface area contributed by atoms with E-state index in [2.05, 4.69) is 15.5 Å². The summed E-state index contributed by atoms with van der Waals surface area (Å²) in [5.74, 6) is -0.420. The second-order valence-electron chi connectivity index (χ2n) is 4.87. The van der Waals surface area contributed by atoms with Crippen LogP contribution >= 0.6 is 12.4 Å². The van der Waals surface area contributed by atoms with Crippen molar-refractivity contribution in [1.82, 2.24) is 24.9 Å². The lowest BCUT2D eigenvalue weighted by Gasteiger charge is -2.11. The van der Waals surface area contributed by atoms with Crippen LogP contribution in [-0.2, 0) is 26.2 Å². The van der Waals surface area contributed by atoms with Crippen molar-refractivity contribution in [2.75, 3.05) is 0 Å². The molecule has 130 valence electrons. The summed E-state index contributed by atoms with van der Waals surface area (Å²) in [4.78, 5) is 0. The minimum atomic E-state index is -4.33. The summed E-state index contributed by atoms with van der Waals surface area (Å²) < 4.78 is 53.3. The van der Waals surface area contributed by atoms with E-state index in [0.717, 1.165) is 4.68 Å². The monoisotopic (exact) mass is 355 g/mol. The van der Waals surface area contributed by atoms with Gasteiger partial charge in [0.05, 0.1) is 11.4 Å². The molecule has 0 amide bonds.